The molecule has 0 aromatic heterocycles. The number of hydrogen-bond acceptors (Lipinski definition) is 4. The number of aliphatic hydroxyl groups is 1. The summed E-state index contributed by atoms with van der Waals surface area (Å²) in [5.41, 5.74) is -0.644. The van der Waals surface area contributed by atoms with Gasteiger partial charge in [-0.15, -0.1) is 0 Å². The van der Waals surface area contributed by atoms with Crippen molar-refractivity contribution >= 4 is 15.9 Å². The molecule has 5 fully saturated rings. The van der Waals surface area contributed by atoms with E-state index in [4.69, 9.17) is 0 Å². The number of nitrogens with zero attached hydrogens (tertiary/aromatic N) is 1. The van der Waals surface area contributed by atoms with E-state index in [9.17, 15) is 18.3 Å². The minimum atomic E-state index is -3.82. The Balaban J connectivity index is 1.38. The van der Waals surface area contributed by atoms with E-state index in [1.807, 2.05) is 12.1 Å². The zero-order valence-electron chi connectivity index (χ0n) is 21.0. The summed E-state index contributed by atoms with van der Waals surface area (Å²) in [4.78, 5) is 14.0. The summed E-state index contributed by atoms with van der Waals surface area (Å²) in [6.07, 6.45) is 6.63. The van der Waals surface area contributed by atoms with E-state index in [1.54, 1.807) is 19.1 Å². The molecule has 188 valence electrons. The number of amides is 1. The van der Waals surface area contributed by atoms with Gasteiger partial charge in [0.1, 0.15) is 5.54 Å². The molecule has 3 atom stereocenters. The Morgan fingerprint density at radius 1 is 1.06 bits per heavy atom. The lowest BCUT2D eigenvalue weighted by atomic mass is 9.52. The monoisotopic (exact) mass is 488 g/mol. The van der Waals surface area contributed by atoms with E-state index in [1.165, 1.54) is 4.31 Å². The Bertz CT molecular complexity index is 1050. The van der Waals surface area contributed by atoms with E-state index in [-0.39, 0.29) is 22.3 Å². The van der Waals surface area contributed by atoms with Crippen molar-refractivity contribution in [1.82, 2.24) is 9.62 Å². The largest absolute Gasteiger partial charge is 0.390 e. The van der Waals surface area contributed by atoms with E-state index in [0.29, 0.717) is 30.7 Å². The van der Waals surface area contributed by atoms with Crippen LogP contribution in [0.1, 0.15) is 84.6 Å². The van der Waals surface area contributed by atoms with Gasteiger partial charge in [0.25, 0.3) is 0 Å². The average Bonchev–Trinajstić information content (AvgIpc) is 2.74. The first-order chi connectivity index (χ1) is 15.8. The van der Waals surface area contributed by atoms with Crippen LogP contribution in [0.3, 0.4) is 0 Å². The molecule has 6 rings (SSSR count). The van der Waals surface area contributed by atoms with Gasteiger partial charge in [0.2, 0.25) is 15.9 Å². The molecule has 4 saturated carbocycles. The first-order valence-corrected chi connectivity index (χ1v) is 14.4. The van der Waals surface area contributed by atoms with Crippen molar-refractivity contribution < 1.29 is 18.3 Å². The summed E-state index contributed by atoms with van der Waals surface area (Å²) >= 11 is 0. The second-order valence-electron chi connectivity index (χ2n) is 12.8. The SMILES string of the molecule is CC(C)(C)c1ccc(S(=O)(=O)N2CCCCC2(C)C(=O)NC2C3CC4CC2CC(O)(C4)C3)cc1. The van der Waals surface area contributed by atoms with Crippen LogP contribution < -0.4 is 5.32 Å². The lowest BCUT2D eigenvalue weighted by Crippen LogP contribution is -2.66. The highest BCUT2D eigenvalue weighted by Crippen LogP contribution is 2.55. The lowest BCUT2D eigenvalue weighted by molar-refractivity contribution is -0.151. The van der Waals surface area contributed by atoms with Gasteiger partial charge in [-0.1, -0.05) is 32.9 Å². The predicted molar refractivity (Wildman–Crippen MR) is 132 cm³/mol. The zero-order valence-corrected chi connectivity index (χ0v) is 21.8. The molecule has 1 aromatic rings. The van der Waals surface area contributed by atoms with Crippen molar-refractivity contribution in [1.29, 1.82) is 0 Å². The molecule has 6 nitrogen and oxygen atoms in total. The van der Waals surface area contributed by atoms with Gasteiger partial charge < -0.3 is 10.4 Å². The topological polar surface area (TPSA) is 86.7 Å². The smallest absolute Gasteiger partial charge is 0.244 e. The minimum absolute atomic E-state index is 0.0405. The van der Waals surface area contributed by atoms with Crippen LogP contribution in [0.4, 0.5) is 0 Å². The maximum atomic E-state index is 13.8. The zero-order chi connectivity index (χ0) is 24.5. The van der Waals surface area contributed by atoms with Crippen molar-refractivity contribution in [3.63, 3.8) is 0 Å². The standard InChI is InChI=1S/C27H40N2O4S/c1-25(2,3)21-7-9-22(10-8-21)34(32,33)29-12-6-5-11-26(29,4)24(30)28-23-19-13-18-14-20(23)17-27(31,15-18)16-19/h7-10,18-20,23,31H,5-6,11-17H2,1-4H3,(H,28,30). The fraction of sp³-hybridized carbons (Fsp3) is 0.741. The Labute approximate surface area is 204 Å². The number of benzene rings is 1. The molecular weight excluding hydrogens is 448 g/mol. The third-order valence-electron chi connectivity index (χ3n) is 9.16. The van der Waals surface area contributed by atoms with Crippen LogP contribution in [0.25, 0.3) is 0 Å². The van der Waals surface area contributed by atoms with Gasteiger partial charge in [0.15, 0.2) is 0 Å². The maximum Gasteiger partial charge on any atom is 0.244 e. The number of hydrogen-bond donors (Lipinski definition) is 2. The van der Waals surface area contributed by atoms with Crippen molar-refractivity contribution in [2.75, 3.05) is 6.54 Å². The second kappa shape index (κ2) is 8.04. The number of sulfonamides is 1. The number of rotatable bonds is 4. The van der Waals surface area contributed by atoms with Gasteiger partial charge in [-0.3, -0.25) is 4.79 Å². The molecule has 1 aromatic carbocycles. The van der Waals surface area contributed by atoms with Crippen molar-refractivity contribution in [3.05, 3.63) is 29.8 Å². The minimum Gasteiger partial charge on any atom is -0.390 e. The average molecular weight is 489 g/mol. The molecule has 1 heterocycles. The fourth-order valence-corrected chi connectivity index (χ4v) is 9.30. The van der Waals surface area contributed by atoms with Crippen molar-refractivity contribution in [2.24, 2.45) is 17.8 Å². The lowest BCUT2D eigenvalue weighted by Gasteiger charge is -2.58. The second-order valence-corrected chi connectivity index (χ2v) is 14.6. The van der Waals surface area contributed by atoms with Gasteiger partial charge in [0.05, 0.1) is 10.5 Å². The Hall–Kier alpha value is -1.44. The van der Waals surface area contributed by atoms with Crippen LogP contribution in [0.5, 0.6) is 0 Å². The molecule has 4 bridgehead atoms. The summed E-state index contributed by atoms with van der Waals surface area (Å²) in [5, 5.41) is 14.2. The third-order valence-corrected chi connectivity index (χ3v) is 11.2. The summed E-state index contributed by atoms with van der Waals surface area (Å²) in [6.45, 7) is 8.46. The van der Waals surface area contributed by atoms with Gasteiger partial charge in [-0.2, -0.15) is 4.31 Å². The highest BCUT2D eigenvalue weighted by Gasteiger charge is 2.56. The first-order valence-electron chi connectivity index (χ1n) is 13.0. The maximum absolute atomic E-state index is 13.8. The number of nitrogens with one attached hydrogen (secondary N) is 1. The van der Waals surface area contributed by atoms with Gasteiger partial charge in [0, 0.05) is 12.6 Å². The molecule has 0 spiro atoms. The van der Waals surface area contributed by atoms with Gasteiger partial charge in [-0.25, -0.2) is 8.42 Å². The van der Waals surface area contributed by atoms with Crippen molar-refractivity contribution in [3.8, 4) is 0 Å². The van der Waals surface area contributed by atoms with E-state index in [2.05, 4.69) is 26.1 Å². The highest BCUT2D eigenvalue weighted by molar-refractivity contribution is 7.89. The Morgan fingerprint density at radius 3 is 2.24 bits per heavy atom. The molecule has 7 heteroatoms. The molecule has 34 heavy (non-hydrogen) atoms. The van der Waals surface area contributed by atoms with Crippen LogP contribution in [0.2, 0.25) is 0 Å². The summed E-state index contributed by atoms with van der Waals surface area (Å²) in [7, 11) is -3.82. The molecule has 2 N–H and O–H groups in total. The molecule has 1 aliphatic heterocycles. The molecule has 3 unspecified atom stereocenters. The Morgan fingerprint density at radius 2 is 1.68 bits per heavy atom. The summed E-state index contributed by atoms with van der Waals surface area (Å²) in [5.74, 6) is 0.977. The number of piperidine rings is 1. The number of carbonyl (C=O) groups excluding carboxylic acids is 1. The van der Waals surface area contributed by atoms with Crippen molar-refractivity contribution in [2.45, 2.75) is 107 Å². The summed E-state index contributed by atoms with van der Waals surface area (Å²) in [6, 6.07) is 7.17. The van der Waals surface area contributed by atoms with Crippen LogP contribution in [-0.4, -0.2) is 47.5 Å². The number of carbonyl (C=O) groups is 1. The predicted octanol–water partition coefficient (Wildman–Crippen LogP) is 3.97. The summed E-state index contributed by atoms with van der Waals surface area (Å²) < 4.78 is 29.0. The molecule has 1 saturated heterocycles. The Kier molecular flexibility index (Phi) is 5.74. The molecule has 5 aliphatic rings. The molecule has 0 radical (unpaired) electrons. The van der Waals surface area contributed by atoms with Crippen LogP contribution in [-0.2, 0) is 20.2 Å². The third kappa shape index (κ3) is 4.01. The normalized spacial score (nSPS) is 38.1. The van der Waals surface area contributed by atoms with E-state index >= 15 is 0 Å². The first kappa shape index (κ1) is 24.3. The quantitative estimate of drug-likeness (QED) is 0.671. The van der Waals surface area contributed by atoms with E-state index < -0.39 is 21.2 Å². The van der Waals surface area contributed by atoms with Gasteiger partial charge in [-0.05, 0) is 99.2 Å². The highest BCUT2D eigenvalue weighted by atomic mass is 32.2. The van der Waals surface area contributed by atoms with Crippen LogP contribution in [0, 0.1) is 17.8 Å². The molecule has 4 aliphatic carbocycles. The van der Waals surface area contributed by atoms with Crippen LogP contribution in [0.15, 0.2) is 29.2 Å². The van der Waals surface area contributed by atoms with Crippen LogP contribution >= 0.6 is 0 Å². The molecular formula is C27H40N2O4S. The molecule has 1 amide bonds. The fourth-order valence-electron chi connectivity index (χ4n) is 7.49. The van der Waals surface area contributed by atoms with E-state index in [0.717, 1.165) is 50.5 Å². The van der Waals surface area contributed by atoms with Gasteiger partial charge >= 0.3 is 0 Å².